The average Bonchev–Trinajstić information content (AvgIpc) is 3.40. The molecular formula is C21H23F3N6O2. The number of rotatable bonds is 3. The fourth-order valence-electron chi connectivity index (χ4n) is 4.71. The monoisotopic (exact) mass is 448 g/mol. The van der Waals surface area contributed by atoms with Crippen LogP contribution >= 0.6 is 0 Å². The Bertz CT molecular complexity index is 1030. The van der Waals surface area contributed by atoms with Gasteiger partial charge in [0, 0.05) is 18.2 Å². The molecule has 4 atom stereocenters. The standard InChI is InChI=1S/C21H23F3N6O2/c1-11-14(19-28-27-18(32-19)13-8-5-9-25-10-13)20(31)30-17(26-11)15(12-6-3-2-4-7-12)16(29-30)21(22,23)24/h2-4,6-7,13,15-17,25-26,29H,5,8-10H2,1H3. The minimum absolute atomic E-state index is 0.00698. The second-order valence-electron chi connectivity index (χ2n) is 8.34. The molecule has 0 bridgehead atoms. The van der Waals surface area contributed by atoms with Crippen molar-refractivity contribution in [3.8, 4) is 0 Å². The number of nitrogens with zero attached hydrogens (tertiary/aromatic N) is 3. The van der Waals surface area contributed by atoms with E-state index in [-0.39, 0.29) is 17.4 Å². The van der Waals surface area contributed by atoms with Crippen molar-refractivity contribution in [2.75, 3.05) is 13.1 Å². The van der Waals surface area contributed by atoms with E-state index in [1.165, 1.54) is 0 Å². The summed E-state index contributed by atoms with van der Waals surface area (Å²) in [5.41, 5.74) is 3.34. The van der Waals surface area contributed by atoms with Gasteiger partial charge < -0.3 is 15.1 Å². The summed E-state index contributed by atoms with van der Waals surface area (Å²) in [6, 6.07) is 6.46. The third-order valence-electron chi connectivity index (χ3n) is 6.27. The zero-order chi connectivity index (χ0) is 22.5. The smallest absolute Gasteiger partial charge is 0.406 e. The lowest BCUT2D eigenvalue weighted by Crippen LogP contribution is -2.54. The van der Waals surface area contributed by atoms with E-state index in [1.807, 2.05) is 0 Å². The molecule has 2 saturated heterocycles. The van der Waals surface area contributed by atoms with Gasteiger partial charge in [0.1, 0.15) is 17.8 Å². The highest BCUT2D eigenvalue weighted by atomic mass is 19.4. The molecule has 2 fully saturated rings. The molecule has 4 heterocycles. The summed E-state index contributed by atoms with van der Waals surface area (Å²) in [5.74, 6) is -1.17. The molecule has 0 aliphatic carbocycles. The highest BCUT2D eigenvalue weighted by Crippen LogP contribution is 2.42. The number of piperidine rings is 1. The average molecular weight is 448 g/mol. The van der Waals surface area contributed by atoms with E-state index in [2.05, 4.69) is 26.3 Å². The second-order valence-corrected chi connectivity index (χ2v) is 8.34. The molecule has 8 nitrogen and oxygen atoms in total. The molecule has 1 aromatic carbocycles. The van der Waals surface area contributed by atoms with Gasteiger partial charge in [-0.3, -0.25) is 4.79 Å². The normalized spacial score (nSPS) is 28.6. The van der Waals surface area contributed by atoms with Crippen molar-refractivity contribution in [1.29, 1.82) is 0 Å². The first kappa shape index (κ1) is 21.0. The van der Waals surface area contributed by atoms with Crippen molar-refractivity contribution in [2.45, 2.75) is 50.0 Å². The lowest BCUT2D eigenvalue weighted by Gasteiger charge is -2.34. The highest BCUT2D eigenvalue weighted by Gasteiger charge is 2.58. The van der Waals surface area contributed by atoms with E-state index in [4.69, 9.17) is 4.42 Å². The second kappa shape index (κ2) is 7.89. The molecule has 0 spiro atoms. The van der Waals surface area contributed by atoms with Gasteiger partial charge in [-0.05, 0) is 31.9 Å². The Balaban J connectivity index is 1.48. The van der Waals surface area contributed by atoms with Crippen molar-refractivity contribution >= 4 is 11.5 Å². The Morgan fingerprint density at radius 3 is 2.66 bits per heavy atom. The zero-order valence-electron chi connectivity index (χ0n) is 17.3. The number of amides is 1. The maximum absolute atomic E-state index is 13.9. The number of halogens is 3. The predicted octanol–water partition coefficient (Wildman–Crippen LogP) is 2.26. The van der Waals surface area contributed by atoms with E-state index in [1.54, 1.807) is 37.3 Å². The molecule has 3 N–H and O–H groups in total. The van der Waals surface area contributed by atoms with Gasteiger partial charge >= 0.3 is 6.18 Å². The van der Waals surface area contributed by atoms with Gasteiger partial charge in [0.2, 0.25) is 5.89 Å². The van der Waals surface area contributed by atoms with Crippen LogP contribution in [0.1, 0.15) is 48.9 Å². The van der Waals surface area contributed by atoms with E-state index in [0.29, 0.717) is 23.7 Å². The minimum atomic E-state index is -4.56. The largest absolute Gasteiger partial charge is 0.420 e. The number of carbonyl (C=O) groups excluding carboxylic acids is 1. The predicted molar refractivity (Wildman–Crippen MR) is 108 cm³/mol. The van der Waals surface area contributed by atoms with Crippen LogP contribution in [0.15, 0.2) is 40.4 Å². The lowest BCUT2D eigenvalue weighted by molar-refractivity contribution is -0.161. The van der Waals surface area contributed by atoms with Gasteiger partial charge in [-0.1, -0.05) is 30.3 Å². The number of nitrogens with one attached hydrogen (secondary N) is 3. The van der Waals surface area contributed by atoms with E-state index in [9.17, 15) is 18.0 Å². The van der Waals surface area contributed by atoms with Crippen LogP contribution in [-0.4, -0.2) is 52.6 Å². The Morgan fingerprint density at radius 1 is 1.19 bits per heavy atom. The summed E-state index contributed by atoms with van der Waals surface area (Å²) in [7, 11) is 0. The van der Waals surface area contributed by atoms with Gasteiger partial charge in [-0.25, -0.2) is 10.4 Å². The van der Waals surface area contributed by atoms with Gasteiger partial charge in [-0.15, -0.1) is 10.2 Å². The van der Waals surface area contributed by atoms with Gasteiger partial charge in [0.25, 0.3) is 11.8 Å². The quantitative estimate of drug-likeness (QED) is 0.663. The van der Waals surface area contributed by atoms with Crippen LogP contribution in [0.5, 0.6) is 0 Å². The fourth-order valence-corrected chi connectivity index (χ4v) is 4.71. The van der Waals surface area contributed by atoms with Crippen LogP contribution < -0.4 is 16.1 Å². The van der Waals surface area contributed by atoms with Crippen LogP contribution in [0.4, 0.5) is 13.2 Å². The lowest BCUT2D eigenvalue weighted by atomic mass is 9.89. The molecule has 0 saturated carbocycles. The number of alkyl halides is 3. The third-order valence-corrected chi connectivity index (χ3v) is 6.27. The number of aromatic nitrogens is 2. The van der Waals surface area contributed by atoms with Crippen molar-refractivity contribution < 1.29 is 22.4 Å². The van der Waals surface area contributed by atoms with Gasteiger partial charge in [0.05, 0.1) is 5.92 Å². The first-order chi connectivity index (χ1) is 15.3. The van der Waals surface area contributed by atoms with E-state index in [0.717, 1.165) is 24.4 Å². The summed E-state index contributed by atoms with van der Waals surface area (Å²) in [6.45, 7) is 3.27. The molecule has 3 aliphatic heterocycles. The molecule has 4 unspecified atom stereocenters. The molecule has 2 aromatic rings. The first-order valence-electron chi connectivity index (χ1n) is 10.6. The molecule has 1 amide bonds. The Kier molecular flexibility index (Phi) is 5.17. The summed E-state index contributed by atoms with van der Waals surface area (Å²) in [5, 5.41) is 15.5. The number of fused-ring (bicyclic) bond motifs is 1. The topological polar surface area (TPSA) is 95.3 Å². The molecule has 3 aliphatic rings. The van der Waals surface area contributed by atoms with E-state index < -0.39 is 30.2 Å². The van der Waals surface area contributed by atoms with Crippen molar-refractivity contribution in [3.63, 3.8) is 0 Å². The van der Waals surface area contributed by atoms with E-state index >= 15 is 0 Å². The molecule has 32 heavy (non-hydrogen) atoms. The van der Waals surface area contributed by atoms with Crippen molar-refractivity contribution in [3.05, 3.63) is 53.4 Å². The molecule has 5 rings (SSSR count). The molecule has 0 radical (unpaired) electrons. The summed E-state index contributed by atoms with van der Waals surface area (Å²) in [6.07, 6.45) is -3.60. The van der Waals surface area contributed by atoms with Gasteiger partial charge in [0.15, 0.2) is 0 Å². The number of hydrogen-bond donors (Lipinski definition) is 3. The molecule has 11 heteroatoms. The van der Waals surface area contributed by atoms with Crippen LogP contribution in [-0.2, 0) is 4.79 Å². The number of hydrogen-bond acceptors (Lipinski definition) is 7. The molecule has 170 valence electrons. The Hall–Kier alpha value is -2.92. The number of hydrazine groups is 1. The maximum Gasteiger partial charge on any atom is 0.406 e. The van der Waals surface area contributed by atoms with Crippen LogP contribution in [0, 0.1) is 0 Å². The van der Waals surface area contributed by atoms with Crippen LogP contribution in [0.3, 0.4) is 0 Å². The highest BCUT2D eigenvalue weighted by molar-refractivity contribution is 6.19. The summed E-state index contributed by atoms with van der Waals surface area (Å²) < 4.78 is 47.5. The third kappa shape index (κ3) is 3.55. The number of carbonyl (C=O) groups is 1. The Labute approximate surface area is 182 Å². The Morgan fingerprint density at radius 2 is 1.97 bits per heavy atom. The number of allylic oxidation sites excluding steroid dienone is 1. The number of benzene rings is 1. The SMILES string of the molecule is CC1=C(c2nnc(C3CCCNC3)o2)C(=O)N2NC(C(F)(F)F)C(c3ccccc3)C2N1. The first-order valence-corrected chi connectivity index (χ1v) is 10.6. The summed E-state index contributed by atoms with van der Waals surface area (Å²) >= 11 is 0. The van der Waals surface area contributed by atoms with Gasteiger partial charge in [-0.2, -0.15) is 13.2 Å². The van der Waals surface area contributed by atoms with Crippen molar-refractivity contribution in [1.82, 2.24) is 31.3 Å². The molecular weight excluding hydrogens is 425 g/mol. The summed E-state index contributed by atoms with van der Waals surface area (Å²) in [4.78, 5) is 13.3. The van der Waals surface area contributed by atoms with Crippen LogP contribution in [0.2, 0.25) is 0 Å². The maximum atomic E-state index is 13.9. The minimum Gasteiger partial charge on any atom is -0.420 e. The molecule has 1 aromatic heterocycles. The van der Waals surface area contributed by atoms with Crippen LogP contribution in [0.25, 0.3) is 5.57 Å². The zero-order valence-corrected chi connectivity index (χ0v) is 17.3. The fraction of sp³-hybridized carbons (Fsp3) is 0.476. The van der Waals surface area contributed by atoms with Crippen molar-refractivity contribution in [2.24, 2.45) is 0 Å².